The lowest BCUT2D eigenvalue weighted by atomic mass is 10.1. The molecule has 0 bridgehead atoms. The Bertz CT molecular complexity index is 1660. The first-order valence-electron chi connectivity index (χ1n) is 30.3. The quantitative estimate of drug-likeness (QED) is 0.0261. The summed E-state index contributed by atoms with van der Waals surface area (Å²) in [5, 5.41) is 0. The van der Waals surface area contributed by atoms with Gasteiger partial charge in [0.05, 0.1) is 0 Å². The van der Waals surface area contributed by atoms with Gasteiger partial charge < -0.3 is 14.2 Å². The van der Waals surface area contributed by atoms with Gasteiger partial charge in [-0.05, 0) is 128 Å². The van der Waals surface area contributed by atoms with E-state index in [4.69, 9.17) is 14.2 Å². The monoisotopic (exact) mass is 1030 g/mol. The van der Waals surface area contributed by atoms with E-state index in [1.165, 1.54) is 77.0 Å². The fraction of sp³-hybridized carbons (Fsp3) is 0.609. The van der Waals surface area contributed by atoms with E-state index in [1.807, 2.05) is 0 Å². The van der Waals surface area contributed by atoms with Crippen LogP contribution in [0.2, 0.25) is 0 Å². The van der Waals surface area contributed by atoms with Crippen LogP contribution in [0, 0.1) is 0 Å². The maximum absolute atomic E-state index is 12.9. The molecule has 0 aromatic heterocycles. The van der Waals surface area contributed by atoms with Crippen LogP contribution in [0.1, 0.15) is 252 Å². The highest BCUT2D eigenvalue weighted by Gasteiger charge is 2.19. The predicted octanol–water partition coefficient (Wildman–Crippen LogP) is 20.8. The van der Waals surface area contributed by atoms with Crippen molar-refractivity contribution in [1.82, 2.24) is 0 Å². The molecule has 0 amide bonds. The molecule has 0 aliphatic carbocycles. The van der Waals surface area contributed by atoms with Crippen molar-refractivity contribution in [1.29, 1.82) is 0 Å². The summed E-state index contributed by atoms with van der Waals surface area (Å²) in [5.41, 5.74) is 0. The van der Waals surface area contributed by atoms with E-state index >= 15 is 0 Å². The van der Waals surface area contributed by atoms with Crippen LogP contribution in [0.5, 0.6) is 0 Å². The van der Waals surface area contributed by atoms with Crippen molar-refractivity contribution < 1.29 is 28.6 Å². The molecule has 1 atom stereocenters. The number of allylic oxidation sites excluding steroid dienone is 24. The van der Waals surface area contributed by atoms with Crippen molar-refractivity contribution in [3.8, 4) is 0 Å². The van der Waals surface area contributed by atoms with E-state index < -0.39 is 6.10 Å². The number of hydrogen-bond acceptors (Lipinski definition) is 6. The maximum atomic E-state index is 12.9. The molecule has 0 aliphatic rings. The summed E-state index contributed by atoms with van der Waals surface area (Å²) in [6.45, 7) is 6.24. The van der Waals surface area contributed by atoms with Gasteiger partial charge in [-0.15, -0.1) is 0 Å². The standard InChI is InChI=1S/C69H110O6/c1-4-7-10-13-16-19-22-25-28-31-32-33-34-35-36-39-41-44-47-50-53-56-59-62-68(71)74-65-66(75-69(72)63-60-57-54-51-48-45-42-38-30-27-24-21-18-15-12-9-6-3)64-73-67(70)61-58-55-52-49-46-43-40-37-29-26-23-20-17-14-11-8-5-2/h7-12,16-21,25-30,32-33,42,45,51,54,66H,4-6,13-15,22-24,31,34-41,43-44,46-50,52-53,55-65H2,1-3H3/b10-7-,11-8-,12-9-,19-16-,20-17-,21-18-,28-25-,29-26-,30-27-,33-32-,45-42-,54-51-. The smallest absolute Gasteiger partial charge is 0.306 e. The van der Waals surface area contributed by atoms with Gasteiger partial charge in [0.25, 0.3) is 0 Å². The van der Waals surface area contributed by atoms with Gasteiger partial charge >= 0.3 is 17.9 Å². The summed E-state index contributed by atoms with van der Waals surface area (Å²) in [5.74, 6) is -0.987. The van der Waals surface area contributed by atoms with E-state index in [9.17, 15) is 14.4 Å². The van der Waals surface area contributed by atoms with Crippen molar-refractivity contribution in [2.75, 3.05) is 13.2 Å². The lowest BCUT2D eigenvalue weighted by molar-refractivity contribution is -0.167. The first kappa shape index (κ1) is 70.3. The summed E-state index contributed by atoms with van der Waals surface area (Å²) in [6, 6.07) is 0. The summed E-state index contributed by atoms with van der Waals surface area (Å²) in [4.78, 5) is 38.3. The first-order chi connectivity index (χ1) is 37.0. The fourth-order valence-corrected chi connectivity index (χ4v) is 7.90. The fourth-order valence-electron chi connectivity index (χ4n) is 7.90. The molecular weight excluding hydrogens is 925 g/mol. The van der Waals surface area contributed by atoms with Crippen molar-refractivity contribution in [2.45, 2.75) is 258 Å². The van der Waals surface area contributed by atoms with Crippen LogP contribution in [0.25, 0.3) is 0 Å². The van der Waals surface area contributed by atoms with Gasteiger partial charge in [0.2, 0.25) is 0 Å². The van der Waals surface area contributed by atoms with Crippen LogP contribution in [-0.4, -0.2) is 37.2 Å². The molecule has 6 nitrogen and oxygen atoms in total. The van der Waals surface area contributed by atoms with E-state index in [0.29, 0.717) is 19.3 Å². The molecule has 0 aromatic rings. The third-order valence-electron chi connectivity index (χ3n) is 12.3. The Morgan fingerprint density at radius 1 is 0.267 bits per heavy atom. The number of carbonyl (C=O) groups excluding carboxylic acids is 3. The highest BCUT2D eigenvalue weighted by molar-refractivity contribution is 5.71. The zero-order valence-corrected chi connectivity index (χ0v) is 48.3. The molecule has 6 heteroatoms. The van der Waals surface area contributed by atoms with E-state index in [1.54, 1.807) is 0 Å². The van der Waals surface area contributed by atoms with Gasteiger partial charge in [0.15, 0.2) is 6.10 Å². The molecular formula is C69H110O6. The highest BCUT2D eigenvalue weighted by atomic mass is 16.6. The van der Waals surface area contributed by atoms with Gasteiger partial charge in [0, 0.05) is 19.3 Å². The number of rotatable bonds is 53. The number of ether oxygens (including phenoxy) is 3. The topological polar surface area (TPSA) is 78.9 Å². The van der Waals surface area contributed by atoms with Gasteiger partial charge in [-0.1, -0.05) is 250 Å². The molecule has 0 aromatic carbocycles. The Morgan fingerprint density at radius 2 is 0.493 bits per heavy atom. The molecule has 0 saturated heterocycles. The molecule has 0 radical (unpaired) electrons. The average Bonchev–Trinajstić information content (AvgIpc) is 3.41. The minimum atomic E-state index is -0.821. The van der Waals surface area contributed by atoms with Crippen LogP contribution in [0.3, 0.4) is 0 Å². The summed E-state index contributed by atoms with van der Waals surface area (Å²) in [7, 11) is 0. The zero-order valence-electron chi connectivity index (χ0n) is 48.3. The van der Waals surface area contributed by atoms with Crippen molar-refractivity contribution in [2.24, 2.45) is 0 Å². The minimum Gasteiger partial charge on any atom is -0.462 e. The van der Waals surface area contributed by atoms with Crippen molar-refractivity contribution >= 4 is 17.9 Å². The van der Waals surface area contributed by atoms with Gasteiger partial charge in [-0.3, -0.25) is 14.4 Å². The molecule has 0 fully saturated rings. The van der Waals surface area contributed by atoms with Gasteiger partial charge in [-0.25, -0.2) is 0 Å². The van der Waals surface area contributed by atoms with Crippen LogP contribution in [-0.2, 0) is 28.6 Å². The Hall–Kier alpha value is -4.71. The lowest BCUT2D eigenvalue weighted by Crippen LogP contribution is -2.30. The second-order valence-electron chi connectivity index (χ2n) is 19.5. The van der Waals surface area contributed by atoms with Gasteiger partial charge in [-0.2, -0.15) is 0 Å². The summed E-state index contributed by atoms with van der Waals surface area (Å²) in [6.07, 6.45) is 88.5. The predicted molar refractivity (Wildman–Crippen MR) is 325 cm³/mol. The maximum Gasteiger partial charge on any atom is 0.306 e. The lowest BCUT2D eigenvalue weighted by Gasteiger charge is -2.18. The normalized spacial score (nSPS) is 13.2. The minimum absolute atomic E-state index is 0.111. The summed E-state index contributed by atoms with van der Waals surface area (Å²) < 4.78 is 16.8. The van der Waals surface area contributed by atoms with Crippen LogP contribution < -0.4 is 0 Å². The number of esters is 3. The second-order valence-corrected chi connectivity index (χ2v) is 19.5. The van der Waals surface area contributed by atoms with Crippen LogP contribution in [0.15, 0.2) is 146 Å². The molecule has 0 saturated carbocycles. The molecule has 0 heterocycles. The van der Waals surface area contributed by atoms with E-state index in [0.717, 1.165) is 128 Å². The van der Waals surface area contributed by atoms with Crippen LogP contribution in [0.4, 0.5) is 0 Å². The highest BCUT2D eigenvalue weighted by Crippen LogP contribution is 2.15. The SMILES string of the molecule is CC/C=C\C/C=C\C/C=C\C/C=C\C/C=C\CCCC(=O)OC(COC(=O)CCCCCCCCC/C=C\C/C=C\C/C=C\CC)COC(=O)CCCCCCCCCCCC/C=C\C/C=C\C/C=C\C/C=C\CC. The molecule has 1 unspecified atom stereocenters. The Morgan fingerprint density at radius 3 is 0.787 bits per heavy atom. The molecule has 0 spiro atoms. The van der Waals surface area contributed by atoms with Crippen molar-refractivity contribution in [3.05, 3.63) is 146 Å². The van der Waals surface area contributed by atoms with Crippen LogP contribution >= 0.6 is 0 Å². The molecule has 0 rings (SSSR count). The largest absolute Gasteiger partial charge is 0.462 e. The van der Waals surface area contributed by atoms with E-state index in [2.05, 4.69) is 167 Å². The third kappa shape index (κ3) is 60.0. The second kappa shape index (κ2) is 61.8. The number of hydrogen-bond donors (Lipinski definition) is 0. The number of unbranched alkanes of at least 4 members (excludes halogenated alkanes) is 18. The molecule has 422 valence electrons. The summed E-state index contributed by atoms with van der Waals surface area (Å²) >= 11 is 0. The van der Waals surface area contributed by atoms with Gasteiger partial charge in [0.1, 0.15) is 13.2 Å². The Kier molecular flexibility index (Phi) is 58.0. The molecule has 0 N–H and O–H groups in total. The number of carbonyl (C=O) groups is 3. The first-order valence-corrected chi connectivity index (χ1v) is 30.3. The third-order valence-corrected chi connectivity index (χ3v) is 12.3. The molecule has 75 heavy (non-hydrogen) atoms. The van der Waals surface area contributed by atoms with Crippen molar-refractivity contribution in [3.63, 3.8) is 0 Å². The Labute approximate surface area is 461 Å². The Balaban J connectivity index is 4.47. The average molecular weight is 1040 g/mol. The van der Waals surface area contributed by atoms with E-state index in [-0.39, 0.29) is 37.5 Å². The zero-order chi connectivity index (χ0) is 54.3. The molecule has 0 aliphatic heterocycles.